The number of non-ortho nitro benzene ring substituents is 1. The van der Waals surface area contributed by atoms with Crippen LogP contribution in [0.1, 0.15) is 18.0 Å². The summed E-state index contributed by atoms with van der Waals surface area (Å²) in [7, 11) is 0. The average Bonchev–Trinajstić information content (AvgIpc) is 2.61. The third-order valence-electron chi connectivity index (χ3n) is 4.17. The summed E-state index contributed by atoms with van der Waals surface area (Å²) in [6, 6.07) is 15.6. The van der Waals surface area contributed by atoms with E-state index in [4.69, 9.17) is 4.74 Å². The molecule has 0 radical (unpaired) electrons. The normalized spacial score (nSPS) is 18.8. The Morgan fingerprint density at radius 2 is 1.83 bits per heavy atom. The Morgan fingerprint density at radius 1 is 1.12 bits per heavy atom. The maximum atomic E-state index is 12.3. The van der Waals surface area contributed by atoms with E-state index in [0.29, 0.717) is 19.6 Å². The predicted molar refractivity (Wildman–Crippen MR) is 89.8 cm³/mol. The van der Waals surface area contributed by atoms with E-state index in [1.165, 1.54) is 12.1 Å². The lowest BCUT2D eigenvalue weighted by Gasteiger charge is -2.31. The first-order chi connectivity index (χ1) is 11.6. The number of benzene rings is 2. The molecule has 0 bridgehead atoms. The van der Waals surface area contributed by atoms with Crippen LogP contribution in [0.15, 0.2) is 54.6 Å². The summed E-state index contributed by atoms with van der Waals surface area (Å²) in [5, 5.41) is 14.2. The number of anilines is 1. The minimum atomic E-state index is -0.432. The van der Waals surface area contributed by atoms with Gasteiger partial charge in [0.1, 0.15) is 5.78 Å². The van der Waals surface area contributed by atoms with Gasteiger partial charge in [0.2, 0.25) is 0 Å². The fourth-order valence-electron chi connectivity index (χ4n) is 2.88. The predicted octanol–water partition coefficient (Wildman–Crippen LogP) is 3.35. The molecule has 0 spiro atoms. The lowest BCUT2D eigenvalue weighted by atomic mass is 9.87. The Bertz CT molecular complexity index is 716. The van der Waals surface area contributed by atoms with Gasteiger partial charge in [-0.05, 0) is 17.7 Å². The van der Waals surface area contributed by atoms with Gasteiger partial charge in [-0.25, -0.2) is 0 Å². The zero-order valence-corrected chi connectivity index (χ0v) is 13.1. The molecule has 6 nitrogen and oxygen atoms in total. The molecule has 24 heavy (non-hydrogen) atoms. The van der Waals surface area contributed by atoms with Crippen molar-refractivity contribution >= 4 is 17.2 Å². The van der Waals surface area contributed by atoms with Crippen LogP contribution in [-0.2, 0) is 9.53 Å². The fourth-order valence-corrected chi connectivity index (χ4v) is 2.88. The summed E-state index contributed by atoms with van der Waals surface area (Å²) in [5.74, 6) is -0.173. The topological polar surface area (TPSA) is 81.5 Å². The summed E-state index contributed by atoms with van der Waals surface area (Å²) >= 11 is 0. The van der Waals surface area contributed by atoms with Crippen LogP contribution in [0, 0.1) is 16.0 Å². The van der Waals surface area contributed by atoms with E-state index in [9.17, 15) is 14.9 Å². The van der Waals surface area contributed by atoms with Gasteiger partial charge in [0.25, 0.3) is 5.69 Å². The first-order valence-electron chi connectivity index (χ1n) is 7.81. The van der Waals surface area contributed by atoms with E-state index in [-0.39, 0.29) is 23.4 Å². The SMILES string of the molecule is O=C1CCOC[C@@H]1[C@H](Nc1ccccc1)c1ccc([N+](=O)[O-])cc1. The van der Waals surface area contributed by atoms with Crippen molar-refractivity contribution in [2.24, 2.45) is 5.92 Å². The van der Waals surface area contributed by atoms with Crippen LogP contribution in [0.5, 0.6) is 0 Å². The number of hydrogen-bond acceptors (Lipinski definition) is 5. The van der Waals surface area contributed by atoms with Crippen molar-refractivity contribution in [3.05, 3.63) is 70.3 Å². The van der Waals surface area contributed by atoms with Crippen molar-refractivity contribution in [2.75, 3.05) is 18.5 Å². The molecule has 2 atom stereocenters. The van der Waals surface area contributed by atoms with Gasteiger partial charge in [0, 0.05) is 24.2 Å². The minimum absolute atomic E-state index is 0.0310. The lowest BCUT2D eigenvalue weighted by molar-refractivity contribution is -0.384. The van der Waals surface area contributed by atoms with Crippen molar-refractivity contribution < 1.29 is 14.5 Å². The molecule has 124 valence electrons. The fraction of sp³-hybridized carbons (Fsp3) is 0.278. The molecule has 2 aromatic rings. The van der Waals surface area contributed by atoms with Crippen LogP contribution in [0.25, 0.3) is 0 Å². The smallest absolute Gasteiger partial charge is 0.269 e. The maximum Gasteiger partial charge on any atom is 0.269 e. The number of nitro benzene ring substituents is 1. The van der Waals surface area contributed by atoms with Gasteiger partial charge in [-0.3, -0.25) is 14.9 Å². The molecule has 3 rings (SSSR count). The highest BCUT2D eigenvalue weighted by Gasteiger charge is 2.32. The third-order valence-corrected chi connectivity index (χ3v) is 4.17. The van der Waals surface area contributed by atoms with Gasteiger partial charge < -0.3 is 10.1 Å². The minimum Gasteiger partial charge on any atom is -0.380 e. The van der Waals surface area contributed by atoms with Crippen molar-refractivity contribution in [2.45, 2.75) is 12.5 Å². The van der Waals surface area contributed by atoms with E-state index >= 15 is 0 Å². The summed E-state index contributed by atoms with van der Waals surface area (Å²) in [6.07, 6.45) is 0.393. The number of carbonyl (C=O) groups excluding carboxylic acids is 1. The van der Waals surface area contributed by atoms with Crippen molar-refractivity contribution in [1.29, 1.82) is 0 Å². The van der Waals surface area contributed by atoms with E-state index in [0.717, 1.165) is 11.3 Å². The van der Waals surface area contributed by atoms with Gasteiger partial charge in [0.15, 0.2) is 0 Å². The maximum absolute atomic E-state index is 12.3. The highest BCUT2D eigenvalue weighted by molar-refractivity contribution is 5.83. The highest BCUT2D eigenvalue weighted by Crippen LogP contribution is 2.31. The second-order valence-electron chi connectivity index (χ2n) is 5.73. The monoisotopic (exact) mass is 326 g/mol. The zero-order chi connectivity index (χ0) is 16.9. The molecule has 0 aliphatic carbocycles. The van der Waals surface area contributed by atoms with E-state index in [1.54, 1.807) is 12.1 Å². The second kappa shape index (κ2) is 7.23. The molecule has 6 heteroatoms. The molecule has 1 saturated heterocycles. The van der Waals surface area contributed by atoms with Gasteiger partial charge in [-0.15, -0.1) is 0 Å². The van der Waals surface area contributed by atoms with Crippen LogP contribution in [0.3, 0.4) is 0 Å². The molecule has 0 amide bonds. The Labute approximate surface area is 139 Å². The van der Waals surface area contributed by atoms with Gasteiger partial charge in [-0.2, -0.15) is 0 Å². The number of nitrogens with one attached hydrogen (secondary N) is 1. The first kappa shape index (κ1) is 16.1. The van der Waals surface area contributed by atoms with Crippen LogP contribution < -0.4 is 5.32 Å². The molecule has 1 aliphatic heterocycles. The molecule has 1 aliphatic rings. The number of Topliss-reactive ketones (excluding diaryl/α,β-unsaturated/α-hetero) is 1. The highest BCUT2D eigenvalue weighted by atomic mass is 16.6. The van der Waals surface area contributed by atoms with Gasteiger partial charge >= 0.3 is 0 Å². The Kier molecular flexibility index (Phi) is 4.86. The molecule has 0 saturated carbocycles. The van der Waals surface area contributed by atoms with Crippen LogP contribution in [-0.4, -0.2) is 23.9 Å². The number of carbonyl (C=O) groups is 1. The van der Waals surface area contributed by atoms with Crippen LogP contribution in [0.2, 0.25) is 0 Å². The molecule has 0 unspecified atom stereocenters. The summed E-state index contributed by atoms with van der Waals surface area (Å²) in [5.41, 5.74) is 1.75. The zero-order valence-electron chi connectivity index (χ0n) is 13.1. The number of hydrogen-bond donors (Lipinski definition) is 1. The molecular weight excluding hydrogens is 308 g/mol. The van der Waals surface area contributed by atoms with Crippen LogP contribution >= 0.6 is 0 Å². The van der Waals surface area contributed by atoms with Crippen molar-refractivity contribution in [1.82, 2.24) is 0 Å². The van der Waals surface area contributed by atoms with Gasteiger partial charge in [-0.1, -0.05) is 30.3 Å². The largest absolute Gasteiger partial charge is 0.380 e. The second-order valence-corrected chi connectivity index (χ2v) is 5.73. The van der Waals surface area contributed by atoms with Crippen molar-refractivity contribution in [3.8, 4) is 0 Å². The lowest BCUT2D eigenvalue weighted by Crippen LogP contribution is -2.35. The quantitative estimate of drug-likeness (QED) is 0.673. The number of ketones is 1. The molecule has 1 fully saturated rings. The number of para-hydroxylation sites is 1. The van der Waals surface area contributed by atoms with Crippen LogP contribution in [0.4, 0.5) is 11.4 Å². The molecule has 2 aromatic carbocycles. The van der Waals surface area contributed by atoms with E-state index in [2.05, 4.69) is 5.32 Å². The molecule has 1 heterocycles. The van der Waals surface area contributed by atoms with E-state index in [1.807, 2.05) is 30.3 Å². The molecular formula is C18H18N2O4. The van der Waals surface area contributed by atoms with E-state index < -0.39 is 4.92 Å². The number of nitro groups is 1. The standard InChI is InChI=1S/C18H18N2O4/c21-17-10-11-24-12-16(17)18(19-14-4-2-1-3-5-14)13-6-8-15(9-7-13)20(22)23/h1-9,16,18-19H,10-12H2/t16-,18+/m0/s1. The Morgan fingerprint density at radius 3 is 2.46 bits per heavy atom. The summed E-state index contributed by atoms with van der Waals surface area (Å²) in [6.45, 7) is 0.800. The molecule has 1 N–H and O–H groups in total. The number of ether oxygens (including phenoxy) is 1. The summed E-state index contributed by atoms with van der Waals surface area (Å²) in [4.78, 5) is 22.8. The Balaban J connectivity index is 1.91. The molecule has 0 aromatic heterocycles. The van der Waals surface area contributed by atoms with Crippen molar-refractivity contribution in [3.63, 3.8) is 0 Å². The average molecular weight is 326 g/mol. The summed E-state index contributed by atoms with van der Waals surface area (Å²) < 4.78 is 5.49. The van der Waals surface area contributed by atoms with Gasteiger partial charge in [0.05, 0.1) is 30.1 Å². The Hall–Kier alpha value is -2.73. The number of nitrogens with zero attached hydrogens (tertiary/aromatic N) is 1. The third kappa shape index (κ3) is 3.60. The number of rotatable bonds is 5. The first-order valence-corrected chi connectivity index (χ1v) is 7.81.